The summed E-state index contributed by atoms with van der Waals surface area (Å²) in [5, 5.41) is 10.4. The third-order valence-electron chi connectivity index (χ3n) is 6.33. The maximum absolute atomic E-state index is 13.7. The van der Waals surface area contributed by atoms with Crippen molar-refractivity contribution in [1.82, 2.24) is 10.2 Å². The number of nitrogen functional groups attached to an aromatic ring is 2. The summed E-state index contributed by atoms with van der Waals surface area (Å²) >= 11 is 1.58. The van der Waals surface area contributed by atoms with Gasteiger partial charge in [0.2, 0.25) is 5.91 Å². The maximum atomic E-state index is 13.7. The van der Waals surface area contributed by atoms with E-state index in [1.807, 2.05) is 18.2 Å². The van der Waals surface area contributed by atoms with Crippen LogP contribution in [0.25, 0.3) is 0 Å². The smallest absolute Gasteiger partial charge is 0.311 e. The Morgan fingerprint density at radius 2 is 1.79 bits per heavy atom. The summed E-state index contributed by atoms with van der Waals surface area (Å²) < 4.78 is 5.06. The minimum Gasteiger partial charge on any atom is -0.466 e. The molecule has 6 N–H and O–H groups in total. The molecule has 2 amide bonds. The predicted molar refractivity (Wildman–Crippen MR) is 147 cm³/mol. The first-order chi connectivity index (χ1) is 18.2. The van der Waals surface area contributed by atoms with Crippen molar-refractivity contribution in [1.29, 1.82) is 5.41 Å². The van der Waals surface area contributed by atoms with E-state index >= 15 is 0 Å². The van der Waals surface area contributed by atoms with Gasteiger partial charge in [-0.2, -0.15) is 0 Å². The lowest BCUT2D eigenvalue weighted by Crippen LogP contribution is -2.50. The summed E-state index contributed by atoms with van der Waals surface area (Å²) in [6.45, 7) is 3.05. The van der Waals surface area contributed by atoms with Gasteiger partial charge in [-0.25, -0.2) is 0 Å². The van der Waals surface area contributed by atoms with E-state index in [4.69, 9.17) is 21.6 Å². The second kappa shape index (κ2) is 11.9. The molecule has 9 nitrogen and oxygen atoms in total. The Balaban J connectivity index is 1.51. The summed E-state index contributed by atoms with van der Waals surface area (Å²) in [6, 6.07) is 14.8. The van der Waals surface area contributed by atoms with Gasteiger partial charge in [0.1, 0.15) is 11.9 Å². The molecule has 1 aromatic heterocycles. The van der Waals surface area contributed by atoms with Gasteiger partial charge in [0.25, 0.3) is 5.91 Å². The van der Waals surface area contributed by atoms with Crippen molar-refractivity contribution in [3.63, 3.8) is 0 Å². The van der Waals surface area contributed by atoms with Crippen LogP contribution in [0.1, 0.15) is 43.7 Å². The minimum atomic E-state index is -0.794. The third-order valence-corrected chi connectivity index (χ3v) is 7.57. The molecule has 0 radical (unpaired) electrons. The quantitative estimate of drug-likeness (QED) is 0.144. The van der Waals surface area contributed by atoms with Crippen LogP contribution in [0.2, 0.25) is 0 Å². The van der Waals surface area contributed by atoms with E-state index in [0.717, 1.165) is 20.9 Å². The molecule has 10 heteroatoms. The number of amides is 2. The highest BCUT2D eigenvalue weighted by molar-refractivity contribution is 7.12. The van der Waals surface area contributed by atoms with Gasteiger partial charge in [0.15, 0.2) is 0 Å². The van der Waals surface area contributed by atoms with Crippen LogP contribution in [0, 0.1) is 5.41 Å². The summed E-state index contributed by atoms with van der Waals surface area (Å²) in [7, 11) is 0. The molecule has 1 atom stereocenters. The Morgan fingerprint density at radius 1 is 1.11 bits per heavy atom. The summed E-state index contributed by atoms with van der Waals surface area (Å²) in [5.41, 5.74) is 14.7. The van der Waals surface area contributed by atoms with Crippen LogP contribution >= 0.6 is 11.3 Å². The van der Waals surface area contributed by atoms with Crippen molar-refractivity contribution in [2.24, 2.45) is 5.73 Å². The van der Waals surface area contributed by atoms with Crippen molar-refractivity contribution >= 4 is 40.6 Å². The number of ether oxygens (including phenoxy) is 1. The van der Waals surface area contributed by atoms with Gasteiger partial charge in [-0.05, 0) is 54.8 Å². The number of esters is 1. The van der Waals surface area contributed by atoms with Gasteiger partial charge in [0.05, 0.1) is 13.0 Å². The van der Waals surface area contributed by atoms with Crippen molar-refractivity contribution in [2.75, 3.05) is 18.9 Å². The molecule has 0 unspecified atom stereocenters. The molecule has 0 saturated heterocycles. The Bertz CT molecular complexity index is 1330. The molecule has 0 aliphatic carbocycles. The van der Waals surface area contributed by atoms with E-state index in [2.05, 4.69) is 5.32 Å². The maximum Gasteiger partial charge on any atom is 0.311 e. The van der Waals surface area contributed by atoms with Crippen LogP contribution < -0.4 is 16.8 Å². The topological polar surface area (TPSA) is 152 Å². The summed E-state index contributed by atoms with van der Waals surface area (Å²) in [6.07, 6.45) is 1.21. The highest BCUT2D eigenvalue weighted by atomic mass is 32.1. The molecule has 38 heavy (non-hydrogen) atoms. The standard InChI is InChI=1S/C28H31N5O4S/c1-2-37-25(34)15-22-14-20-16-33(12-11-24(20)38-22)28(36)23(13-17-3-9-21(29)10-4-17)32-27(35)19-7-5-18(6-8-19)26(30)31/h3-10,14,23H,2,11-13,15-16,29H2,1H3,(H3,30,31)(H,32,35)/t23-/m0/s1. The lowest BCUT2D eigenvalue weighted by atomic mass is 10.0. The fraction of sp³-hybridized carbons (Fsp3) is 0.286. The van der Waals surface area contributed by atoms with Crippen molar-refractivity contribution in [3.05, 3.63) is 86.6 Å². The van der Waals surface area contributed by atoms with Crippen molar-refractivity contribution in [2.45, 2.75) is 38.8 Å². The predicted octanol–water partition coefficient (Wildman–Crippen LogP) is 2.65. The molecule has 198 valence electrons. The molecule has 4 rings (SSSR count). The van der Waals surface area contributed by atoms with Crippen molar-refractivity contribution < 1.29 is 19.1 Å². The zero-order valence-electron chi connectivity index (χ0n) is 21.2. The van der Waals surface area contributed by atoms with Crippen molar-refractivity contribution in [3.8, 4) is 0 Å². The average molecular weight is 534 g/mol. The highest BCUT2D eigenvalue weighted by Crippen LogP contribution is 2.29. The first kappa shape index (κ1) is 26.9. The Hall–Kier alpha value is -4.18. The van der Waals surface area contributed by atoms with Gasteiger partial charge >= 0.3 is 5.97 Å². The molecule has 2 heterocycles. The third kappa shape index (κ3) is 6.57. The second-order valence-electron chi connectivity index (χ2n) is 9.12. The fourth-order valence-electron chi connectivity index (χ4n) is 4.38. The lowest BCUT2D eigenvalue weighted by Gasteiger charge is -2.31. The fourth-order valence-corrected chi connectivity index (χ4v) is 5.53. The molecule has 0 bridgehead atoms. The molecule has 0 spiro atoms. The molecular formula is C28H31N5O4S. The number of anilines is 1. The van der Waals surface area contributed by atoms with Gasteiger partial charge in [-0.1, -0.05) is 24.3 Å². The number of benzene rings is 2. The highest BCUT2D eigenvalue weighted by Gasteiger charge is 2.30. The number of nitrogens with two attached hydrogens (primary N) is 2. The van der Waals surface area contributed by atoms with Gasteiger partial charge in [0, 0.05) is 46.1 Å². The van der Waals surface area contributed by atoms with Crippen LogP contribution in [-0.4, -0.2) is 47.7 Å². The van der Waals surface area contributed by atoms with E-state index in [1.54, 1.807) is 59.6 Å². The van der Waals surface area contributed by atoms with Crippen LogP contribution in [0.15, 0.2) is 54.6 Å². The number of amidine groups is 1. The monoisotopic (exact) mass is 533 g/mol. The molecule has 0 fully saturated rings. The Labute approximate surface area is 225 Å². The van der Waals surface area contributed by atoms with Crippen LogP contribution in [0.3, 0.4) is 0 Å². The SMILES string of the molecule is CCOC(=O)Cc1cc2c(s1)CCN(C(=O)[C@H](Cc1ccc(N)cc1)NC(=O)c1ccc(C(=N)N)cc1)C2. The van der Waals surface area contributed by atoms with Gasteiger partial charge in [-0.15, -0.1) is 11.3 Å². The molecule has 3 aromatic rings. The largest absolute Gasteiger partial charge is 0.466 e. The number of nitrogens with one attached hydrogen (secondary N) is 2. The number of rotatable bonds is 9. The van der Waals surface area contributed by atoms with E-state index in [1.165, 1.54) is 0 Å². The van der Waals surface area contributed by atoms with Crippen LogP contribution in [0.4, 0.5) is 5.69 Å². The molecular weight excluding hydrogens is 502 g/mol. The Morgan fingerprint density at radius 3 is 2.45 bits per heavy atom. The zero-order valence-corrected chi connectivity index (χ0v) is 22.0. The number of carbonyl (C=O) groups excluding carboxylic acids is 3. The number of nitrogens with zero attached hydrogens (tertiary/aromatic N) is 1. The van der Waals surface area contributed by atoms with E-state index in [9.17, 15) is 14.4 Å². The Kier molecular flexibility index (Phi) is 8.42. The van der Waals surface area contributed by atoms with Crippen LogP contribution in [0.5, 0.6) is 0 Å². The number of hydrogen-bond acceptors (Lipinski definition) is 7. The molecule has 1 aliphatic heterocycles. The van der Waals surface area contributed by atoms with E-state index in [-0.39, 0.29) is 30.0 Å². The van der Waals surface area contributed by atoms with Gasteiger partial charge < -0.3 is 26.4 Å². The van der Waals surface area contributed by atoms with E-state index in [0.29, 0.717) is 49.4 Å². The summed E-state index contributed by atoms with van der Waals surface area (Å²) in [5.74, 6) is -0.920. The first-order valence-electron chi connectivity index (χ1n) is 12.4. The molecule has 0 saturated carbocycles. The van der Waals surface area contributed by atoms with Crippen LogP contribution in [-0.2, 0) is 40.1 Å². The van der Waals surface area contributed by atoms with Gasteiger partial charge in [-0.3, -0.25) is 19.8 Å². The summed E-state index contributed by atoms with van der Waals surface area (Å²) in [4.78, 5) is 42.6. The minimum absolute atomic E-state index is 0.0864. The molecule has 1 aliphatic rings. The first-order valence-corrected chi connectivity index (χ1v) is 13.2. The lowest BCUT2D eigenvalue weighted by molar-refractivity contribution is -0.142. The second-order valence-corrected chi connectivity index (χ2v) is 10.3. The zero-order chi connectivity index (χ0) is 27.2. The number of hydrogen-bond donors (Lipinski definition) is 4. The number of carbonyl (C=O) groups is 3. The number of thiophene rings is 1. The normalized spacial score (nSPS) is 13.3. The molecule has 2 aromatic carbocycles. The average Bonchev–Trinajstić information content (AvgIpc) is 3.30. The number of fused-ring (bicyclic) bond motifs is 1. The van der Waals surface area contributed by atoms with E-state index < -0.39 is 6.04 Å².